The minimum Gasteiger partial charge on any atom is -0.494 e. The first-order valence-corrected chi connectivity index (χ1v) is 11.6. The number of benzene rings is 3. The fourth-order valence-electron chi connectivity index (χ4n) is 4.68. The first kappa shape index (κ1) is 21.3. The van der Waals surface area contributed by atoms with Gasteiger partial charge in [0.05, 0.1) is 23.6 Å². The molecule has 0 unspecified atom stereocenters. The molecule has 2 aliphatic rings. The third-order valence-corrected chi connectivity index (χ3v) is 6.33. The van der Waals surface area contributed by atoms with Crippen molar-refractivity contribution in [3.63, 3.8) is 0 Å². The highest BCUT2D eigenvalue weighted by Crippen LogP contribution is 2.40. The number of carbonyl (C=O) groups excluding carboxylic acids is 1. The molecule has 7 heteroatoms. The van der Waals surface area contributed by atoms with Crippen LogP contribution in [0.5, 0.6) is 17.2 Å². The van der Waals surface area contributed by atoms with Gasteiger partial charge in [0.1, 0.15) is 11.3 Å². The predicted octanol–water partition coefficient (Wildman–Crippen LogP) is 5.06. The highest BCUT2D eigenvalue weighted by Gasteiger charge is 2.42. The molecule has 1 amide bonds. The number of nitrogens with zero attached hydrogens (tertiary/aromatic N) is 1. The van der Waals surface area contributed by atoms with Crippen molar-refractivity contribution in [3.8, 4) is 17.2 Å². The van der Waals surface area contributed by atoms with Gasteiger partial charge in [0, 0.05) is 6.54 Å². The lowest BCUT2D eigenvalue weighted by atomic mass is 9.98. The molecule has 35 heavy (non-hydrogen) atoms. The summed E-state index contributed by atoms with van der Waals surface area (Å²) in [4.78, 5) is 28.9. The summed E-state index contributed by atoms with van der Waals surface area (Å²) in [5, 5.41) is 0.455. The van der Waals surface area contributed by atoms with Crippen LogP contribution in [-0.2, 0) is 6.54 Å². The van der Waals surface area contributed by atoms with E-state index in [1.165, 1.54) is 0 Å². The fourth-order valence-corrected chi connectivity index (χ4v) is 4.68. The van der Waals surface area contributed by atoms with Gasteiger partial charge in [-0.2, -0.15) is 0 Å². The third-order valence-electron chi connectivity index (χ3n) is 6.33. The summed E-state index contributed by atoms with van der Waals surface area (Å²) in [5.74, 6) is 1.82. The van der Waals surface area contributed by atoms with Gasteiger partial charge in [-0.25, -0.2) is 0 Å². The summed E-state index contributed by atoms with van der Waals surface area (Å²) in [6, 6.07) is 19.6. The molecule has 0 bridgehead atoms. The SMILES string of the molecule is CCCOc1ccc([C@H]2c3c(oc4ccccc4c3=O)C(=O)N2Cc2ccc3c(c2)OCO3)cc1. The quantitative estimate of drug-likeness (QED) is 0.393. The van der Waals surface area contributed by atoms with Gasteiger partial charge in [-0.15, -0.1) is 0 Å². The lowest BCUT2D eigenvalue weighted by Crippen LogP contribution is -2.29. The predicted molar refractivity (Wildman–Crippen MR) is 129 cm³/mol. The van der Waals surface area contributed by atoms with Gasteiger partial charge in [-0.05, 0) is 53.9 Å². The Morgan fingerprint density at radius 2 is 1.77 bits per heavy atom. The minimum absolute atomic E-state index is 0.0887. The van der Waals surface area contributed by atoms with Crippen LogP contribution in [-0.4, -0.2) is 24.2 Å². The van der Waals surface area contributed by atoms with E-state index in [9.17, 15) is 9.59 Å². The topological polar surface area (TPSA) is 78.2 Å². The standard InChI is InChI=1S/C28H23NO6/c1-2-13-32-19-10-8-18(9-11-19)25-24-26(30)20-5-3-4-6-21(20)35-27(24)28(31)29(25)15-17-7-12-22-23(14-17)34-16-33-22/h3-12,14,25H,2,13,15-16H2,1H3/t25-/m0/s1. The molecule has 2 aliphatic heterocycles. The number of rotatable bonds is 6. The lowest BCUT2D eigenvalue weighted by Gasteiger charge is -2.25. The van der Waals surface area contributed by atoms with Crippen molar-refractivity contribution in [3.05, 3.63) is 99.4 Å². The summed E-state index contributed by atoms with van der Waals surface area (Å²) in [6.07, 6.45) is 0.906. The van der Waals surface area contributed by atoms with E-state index in [1.54, 1.807) is 29.2 Å². The van der Waals surface area contributed by atoms with Gasteiger partial charge in [0.25, 0.3) is 5.91 Å². The average molecular weight is 469 g/mol. The summed E-state index contributed by atoms with van der Waals surface area (Å²) < 4.78 is 22.7. The molecule has 0 radical (unpaired) electrons. The zero-order valence-corrected chi connectivity index (χ0v) is 19.2. The van der Waals surface area contributed by atoms with Crippen LogP contribution in [0.2, 0.25) is 0 Å². The maximum absolute atomic E-state index is 13.6. The molecule has 0 saturated carbocycles. The van der Waals surface area contributed by atoms with E-state index in [1.807, 2.05) is 49.4 Å². The molecular weight excluding hydrogens is 446 g/mol. The lowest BCUT2D eigenvalue weighted by molar-refractivity contribution is 0.0714. The monoisotopic (exact) mass is 469 g/mol. The zero-order chi connectivity index (χ0) is 23.9. The Morgan fingerprint density at radius 1 is 0.971 bits per heavy atom. The second-order valence-corrected chi connectivity index (χ2v) is 8.61. The average Bonchev–Trinajstić information content (AvgIpc) is 3.46. The molecule has 7 nitrogen and oxygen atoms in total. The molecule has 3 heterocycles. The van der Waals surface area contributed by atoms with Crippen LogP contribution in [0, 0.1) is 0 Å². The third kappa shape index (κ3) is 3.60. The van der Waals surface area contributed by atoms with Crippen LogP contribution < -0.4 is 19.6 Å². The van der Waals surface area contributed by atoms with Crippen LogP contribution in [0.15, 0.2) is 75.9 Å². The van der Waals surface area contributed by atoms with E-state index in [0.29, 0.717) is 34.6 Å². The summed E-state index contributed by atoms with van der Waals surface area (Å²) in [5.41, 5.74) is 2.23. The normalized spacial score (nSPS) is 16.1. The minimum atomic E-state index is -0.594. The van der Waals surface area contributed by atoms with Crippen molar-refractivity contribution >= 4 is 16.9 Å². The molecule has 0 saturated heterocycles. The molecule has 0 fully saturated rings. The second kappa shape index (κ2) is 8.51. The van der Waals surface area contributed by atoms with Crippen molar-refractivity contribution < 1.29 is 23.4 Å². The number of para-hydroxylation sites is 1. The number of amides is 1. The van der Waals surface area contributed by atoms with Crippen LogP contribution >= 0.6 is 0 Å². The van der Waals surface area contributed by atoms with Crippen molar-refractivity contribution in [2.24, 2.45) is 0 Å². The van der Waals surface area contributed by atoms with Crippen LogP contribution in [0.25, 0.3) is 11.0 Å². The molecule has 0 spiro atoms. The molecule has 3 aromatic carbocycles. The molecular formula is C28H23NO6. The Kier molecular flexibility index (Phi) is 5.17. The van der Waals surface area contributed by atoms with E-state index < -0.39 is 6.04 Å². The highest BCUT2D eigenvalue weighted by molar-refractivity contribution is 5.99. The van der Waals surface area contributed by atoms with Gasteiger partial charge in [-0.3, -0.25) is 9.59 Å². The number of carbonyl (C=O) groups is 1. The first-order chi connectivity index (χ1) is 17.1. The molecule has 6 rings (SSSR count). The van der Waals surface area contributed by atoms with Gasteiger partial charge < -0.3 is 23.5 Å². The van der Waals surface area contributed by atoms with E-state index in [4.69, 9.17) is 18.6 Å². The van der Waals surface area contributed by atoms with Gasteiger partial charge in [0.15, 0.2) is 16.9 Å². The first-order valence-electron chi connectivity index (χ1n) is 11.6. The van der Waals surface area contributed by atoms with Crippen molar-refractivity contribution in [1.82, 2.24) is 4.90 Å². The zero-order valence-electron chi connectivity index (χ0n) is 19.2. The number of hydrogen-bond acceptors (Lipinski definition) is 6. The summed E-state index contributed by atoms with van der Waals surface area (Å²) in [6.45, 7) is 3.12. The fraction of sp³-hybridized carbons (Fsp3) is 0.214. The van der Waals surface area contributed by atoms with E-state index >= 15 is 0 Å². The van der Waals surface area contributed by atoms with Crippen LogP contribution in [0.4, 0.5) is 0 Å². The van der Waals surface area contributed by atoms with Gasteiger partial charge >= 0.3 is 0 Å². The number of ether oxygens (including phenoxy) is 3. The summed E-state index contributed by atoms with van der Waals surface area (Å²) >= 11 is 0. The Morgan fingerprint density at radius 3 is 2.60 bits per heavy atom. The van der Waals surface area contributed by atoms with Gasteiger partial charge in [-0.1, -0.05) is 37.3 Å². The Balaban J connectivity index is 1.46. The van der Waals surface area contributed by atoms with Crippen molar-refractivity contribution in [1.29, 1.82) is 0 Å². The number of hydrogen-bond donors (Lipinski definition) is 0. The summed E-state index contributed by atoms with van der Waals surface area (Å²) in [7, 11) is 0. The Hall–Kier alpha value is -4.26. The second-order valence-electron chi connectivity index (χ2n) is 8.61. The van der Waals surface area contributed by atoms with Crippen molar-refractivity contribution in [2.45, 2.75) is 25.9 Å². The van der Waals surface area contributed by atoms with Crippen molar-refractivity contribution in [2.75, 3.05) is 13.4 Å². The molecule has 1 atom stereocenters. The molecule has 1 aromatic heterocycles. The van der Waals surface area contributed by atoms with Gasteiger partial charge in [0.2, 0.25) is 12.6 Å². The van der Waals surface area contributed by atoms with E-state index in [-0.39, 0.29) is 30.4 Å². The maximum atomic E-state index is 13.6. The smallest absolute Gasteiger partial charge is 0.291 e. The van der Waals surface area contributed by atoms with Crippen LogP contribution in [0.1, 0.15) is 46.6 Å². The highest BCUT2D eigenvalue weighted by atomic mass is 16.7. The van der Waals surface area contributed by atoms with E-state index in [0.717, 1.165) is 23.3 Å². The largest absolute Gasteiger partial charge is 0.494 e. The molecule has 0 N–H and O–H groups in total. The Bertz CT molecular complexity index is 1490. The molecule has 4 aromatic rings. The Labute approximate surface area is 201 Å². The maximum Gasteiger partial charge on any atom is 0.291 e. The van der Waals surface area contributed by atoms with Crippen LogP contribution in [0.3, 0.4) is 0 Å². The van der Waals surface area contributed by atoms with E-state index in [2.05, 4.69) is 0 Å². The molecule has 176 valence electrons. The number of fused-ring (bicyclic) bond motifs is 3. The molecule has 0 aliphatic carbocycles.